The van der Waals surface area contributed by atoms with Gasteiger partial charge in [0.1, 0.15) is 5.56 Å². The lowest BCUT2D eigenvalue weighted by Gasteiger charge is -2.07. The summed E-state index contributed by atoms with van der Waals surface area (Å²) in [7, 11) is 0. The summed E-state index contributed by atoms with van der Waals surface area (Å²) in [6, 6.07) is 15.7. The molecule has 0 bridgehead atoms. The van der Waals surface area contributed by atoms with E-state index in [1.807, 2.05) is 6.07 Å². The Bertz CT molecular complexity index is 1060. The molecule has 0 atom stereocenters. The molecular formula is C20H15ClN2O4. The monoisotopic (exact) mass is 382 g/mol. The van der Waals surface area contributed by atoms with Crippen molar-refractivity contribution in [2.24, 2.45) is 0 Å². The molecule has 0 spiro atoms. The van der Waals surface area contributed by atoms with E-state index in [9.17, 15) is 9.59 Å². The zero-order chi connectivity index (χ0) is 18.8. The van der Waals surface area contributed by atoms with Gasteiger partial charge in [0, 0.05) is 17.3 Å². The summed E-state index contributed by atoms with van der Waals surface area (Å²) in [5.74, 6) is 0.878. The molecule has 1 amide bonds. The van der Waals surface area contributed by atoms with Crippen molar-refractivity contribution in [3.05, 3.63) is 81.1 Å². The van der Waals surface area contributed by atoms with Crippen LogP contribution in [-0.2, 0) is 6.54 Å². The third-order valence-electron chi connectivity index (χ3n) is 4.20. The smallest absolute Gasteiger partial charge is 0.261 e. The number of hydrogen-bond acceptors (Lipinski definition) is 4. The number of amides is 1. The van der Waals surface area contributed by atoms with E-state index < -0.39 is 11.5 Å². The Balaban J connectivity index is 1.47. The number of aromatic amines is 1. The van der Waals surface area contributed by atoms with Crippen molar-refractivity contribution < 1.29 is 14.3 Å². The van der Waals surface area contributed by atoms with Crippen LogP contribution in [-0.4, -0.2) is 17.7 Å². The van der Waals surface area contributed by atoms with E-state index in [0.717, 1.165) is 11.1 Å². The van der Waals surface area contributed by atoms with E-state index in [1.165, 1.54) is 6.07 Å². The number of benzene rings is 2. The maximum atomic E-state index is 12.4. The summed E-state index contributed by atoms with van der Waals surface area (Å²) in [4.78, 5) is 27.4. The van der Waals surface area contributed by atoms with Gasteiger partial charge in [-0.25, -0.2) is 0 Å². The van der Waals surface area contributed by atoms with Crippen molar-refractivity contribution in [2.45, 2.75) is 6.54 Å². The quantitative estimate of drug-likeness (QED) is 0.725. The molecule has 1 aliphatic heterocycles. The first-order chi connectivity index (χ1) is 13.1. The Hall–Kier alpha value is -3.25. The topological polar surface area (TPSA) is 80.4 Å². The second-order valence-electron chi connectivity index (χ2n) is 5.99. The number of fused-ring (bicyclic) bond motifs is 1. The number of ether oxygens (including phenoxy) is 2. The molecule has 0 saturated carbocycles. The van der Waals surface area contributed by atoms with Gasteiger partial charge in [0.25, 0.3) is 11.5 Å². The molecule has 2 heterocycles. The zero-order valence-electron chi connectivity index (χ0n) is 14.1. The van der Waals surface area contributed by atoms with Crippen LogP contribution in [0.5, 0.6) is 11.5 Å². The van der Waals surface area contributed by atoms with Crippen LogP contribution < -0.4 is 20.3 Å². The number of H-pyrrole nitrogens is 1. The van der Waals surface area contributed by atoms with Crippen molar-refractivity contribution in [2.75, 3.05) is 6.79 Å². The Kier molecular flexibility index (Phi) is 4.56. The molecule has 3 aromatic rings. The molecule has 6 nitrogen and oxygen atoms in total. The molecule has 7 heteroatoms. The first kappa shape index (κ1) is 17.2. The SMILES string of the molecule is O=C(NCc1ccc2c(c1)OCO2)c1ccc(-c2ccc(Cl)cc2)[nH]c1=O. The number of aromatic nitrogens is 1. The first-order valence-electron chi connectivity index (χ1n) is 8.26. The van der Waals surface area contributed by atoms with Crippen molar-refractivity contribution >= 4 is 17.5 Å². The molecule has 0 saturated heterocycles. The highest BCUT2D eigenvalue weighted by Crippen LogP contribution is 2.32. The van der Waals surface area contributed by atoms with Gasteiger partial charge in [0.2, 0.25) is 6.79 Å². The van der Waals surface area contributed by atoms with Crippen molar-refractivity contribution in [3.63, 3.8) is 0 Å². The molecule has 0 radical (unpaired) electrons. The second-order valence-corrected chi connectivity index (χ2v) is 6.43. The fraction of sp³-hybridized carbons (Fsp3) is 0.100. The van der Waals surface area contributed by atoms with Gasteiger partial charge in [0.15, 0.2) is 11.5 Å². The predicted octanol–water partition coefficient (Wildman–Crippen LogP) is 3.35. The van der Waals surface area contributed by atoms with Crippen LogP contribution >= 0.6 is 11.6 Å². The fourth-order valence-corrected chi connectivity index (χ4v) is 2.90. The van der Waals surface area contributed by atoms with E-state index in [2.05, 4.69) is 10.3 Å². The predicted molar refractivity (Wildman–Crippen MR) is 101 cm³/mol. The second kappa shape index (κ2) is 7.17. The van der Waals surface area contributed by atoms with E-state index in [0.29, 0.717) is 22.2 Å². The van der Waals surface area contributed by atoms with Crippen LogP contribution in [0.25, 0.3) is 11.3 Å². The lowest BCUT2D eigenvalue weighted by atomic mass is 10.1. The third-order valence-corrected chi connectivity index (χ3v) is 4.45. The van der Waals surface area contributed by atoms with Gasteiger partial charge in [-0.1, -0.05) is 29.8 Å². The maximum Gasteiger partial charge on any atom is 0.261 e. The summed E-state index contributed by atoms with van der Waals surface area (Å²) in [5, 5.41) is 3.35. The van der Waals surface area contributed by atoms with Gasteiger partial charge in [0.05, 0.1) is 0 Å². The van der Waals surface area contributed by atoms with Crippen LogP contribution in [0.1, 0.15) is 15.9 Å². The van der Waals surface area contributed by atoms with E-state index in [4.69, 9.17) is 21.1 Å². The average molecular weight is 383 g/mol. The van der Waals surface area contributed by atoms with Crippen LogP contribution in [0.3, 0.4) is 0 Å². The summed E-state index contributed by atoms with van der Waals surface area (Å²) in [6.45, 7) is 0.467. The molecule has 1 aliphatic rings. The van der Waals surface area contributed by atoms with Gasteiger partial charge in [-0.2, -0.15) is 0 Å². The average Bonchev–Trinajstić information content (AvgIpc) is 3.14. The summed E-state index contributed by atoms with van der Waals surface area (Å²) >= 11 is 5.87. The highest BCUT2D eigenvalue weighted by Gasteiger charge is 2.15. The van der Waals surface area contributed by atoms with E-state index >= 15 is 0 Å². The molecular weight excluding hydrogens is 368 g/mol. The summed E-state index contributed by atoms with van der Waals surface area (Å²) in [6.07, 6.45) is 0. The molecule has 0 aliphatic carbocycles. The Morgan fingerprint density at radius 3 is 2.59 bits per heavy atom. The number of halogens is 1. The molecule has 2 N–H and O–H groups in total. The van der Waals surface area contributed by atoms with Crippen LogP contribution in [0.15, 0.2) is 59.4 Å². The minimum Gasteiger partial charge on any atom is -0.454 e. The number of carbonyl (C=O) groups is 1. The summed E-state index contributed by atoms with van der Waals surface area (Å²) < 4.78 is 10.6. The number of pyridine rings is 1. The number of rotatable bonds is 4. The lowest BCUT2D eigenvalue weighted by molar-refractivity contribution is 0.0949. The van der Waals surface area contributed by atoms with Crippen LogP contribution in [0.2, 0.25) is 5.02 Å². The molecule has 1 aromatic heterocycles. The van der Waals surface area contributed by atoms with Gasteiger partial charge in [-0.3, -0.25) is 9.59 Å². The number of hydrogen-bond donors (Lipinski definition) is 2. The molecule has 27 heavy (non-hydrogen) atoms. The number of nitrogens with one attached hydrogen (secondary N) is 2. The largest absolute Gasteiger partial charge is 0.454 e. The molecule has 4 rings (SSSR count). The Morgan fingerprint density at radius 2 is 1.81 bits per heavy atom. The third kappa shape index (κ3) is 3.66. The van der Waals surface area contributed by atoms with Gasteiger partial charge >= 0.3 is 0 Å². The number of carbonyl (C=O) groups excluding carboxylic acids is 1. The van der Waals surface area contributed by atoms with Crippen LogP contribution in [0, 0.1) is 0 Å². The van der Waals surface area contributed by atoms with Crippen LogP contribution in [0.4, 0.5) is 0 Å². The Morgan fingerprint density at radius 1 is 1.04 bits per heavy atom. The maximum absolute atomic E-state index is 12.4. The van der Waals surface area contributed by atoms with Crippen molar-refractivity contribution in [1.82, 2.24) is 10.3 Å². The lowest BCUT2D eigenvalue weighted by Crippen LogP contribution is -2.29. The van der Waals surface area contributed by atoms with Gasteiger partial charge in [-0.15, -0.1) is 0 Å². The minimum absolute atomic E-state index is 0.0495. The zero-order valence-corrected chi connectivity index (χ0v) is 14.9. The summed E-state index contributed by atoms with van der Waals surface area (Å²) in [5.41, 5.74) is 1.87. The van der Waals surface area contributed by atoms with Crippen molar-refractivity contribution in [1.29, 1.82) is 0 Å². The minimum atomic E-state index is -0.453. The van der Waals surface area contributed by atoms with E-state index in [-0.39, 0.29) is 18.9 Å². The Labute approximate surface area is 159 Å². The van der Waals surface area contributed by atoms with Crippen molar-refractivity contribution in [3.8, 4) is 22.8 Å². The first-order valence-corrected chi connectivity index (χ1v) is 8.64. The standard InChI is InChI=1S/C20H15ClN2O4/c21-14-4-2-13(3-5-14)16-7-6-15(20(25)23-16)19(24)22-10-12-1-8-17-18(9-12)27-11-26-17/h1-9H,10-11H2,(H,22,24)(H,23,25). The van der Waals surface area contributed by atoms with Gasteiger partial charge < -0.3 is 19.8 Å². The highest BCUT2D eigenvalue weighted by molar-refractivity contribution is 6.30. The molecule has 136 valence electrons. The molecule has 2 aromatic carbocycles. The fourth-order valence-electron chi connectivity index (χ4n) is 2.78. The normalized spacial score (nSPS) is 12.0. The van der Waals surface area contributed by atoms with E-state index in [1.54, 1.807) is 42.5 Å². The molecule has 0 unspecified atom stereocenters. The highest BCUT2D eigenvalue weighted by atomic mass is 35.5. The molecule has 0 fully saturated rings. The van der Waals surface area contributed by atoms with Gasteiger partial charge in [-0.05, 0) is 47.5 Å².